The Labute approximate surface area is 186 Å². The normalized spacial score (nSPS) is 16.7. The van der Waals surface area contributed by atoms with E-state index in [2.05, 4.69) is 30.6 Å². The van der Waals surface area contributed by atoms with Crippen LogP contribution in [-0.2, 0) is 12.8 Å². The molecular weight excluding hydrogens is 412 g/mol. The van der Waals surface area contributed by atoms with Crippen molar-refractivity contribution >= 4 is 23.3 Å². The predicted octanol–water partition coefficient (Wildman–Crippen LogP) is 3.80. The zero-order chi connectivity index (χ0) is 21.2. The number of rotatable bonds is 4. The highest BCUT2D eigenvalue weighted by Gasteiger charge is 2.26. The smallest absolute Gasteiger partial charge is 0.272 e. The van der Waals surface area contributed by atoms with Crippen molar-refractivity contribution in [2.24, 2.45) is 0 Å². The largest absolute Gasteiger partial charge is 0.355 e. The maximum absolute atomic E-state index is 12.8. The molecule has 0 unspecified atom stereocenters. The van der Waals surface area contributed by atoms with Gasteiger partial charge in [-0.2, -0.15) is 5.10 Å². The number of H-pyrrole nitrogens is 1. The highest BCUT2D eigenvalue weighted by atomic mass is 35.5. The number of hydrogen-bond acceptors (Lipinski definition) is 5. The van der Waals surface area contributed by atoms with Crippen molar-refractivity contribution in [3.05, 3.63) is 58.4 Å². The van der Waals surface area contributed by atoms with E-state index in [4.69, 9.17) is 11.6 Å². The molecule has 1 saturated heterocycles. The summed E-state index contributed by atoms with van der Waals surface area (Å²) in [6, 6.07) is 11.7. The van der Waals surface area contributed by atoms with Gasteiger partial charge in [0, 0.05) is 36.0 Å². The minimum absolute atomic E-state index is 0.0539. The van der Waals surface area contributed by atoms with Gasteiger partial charge < -0.3 is 10.2 Å². The lowest BCUT2D eigenvalue weighted by atomic mass is 9.95. The van der Waals surface area contributed by atoms with Gasteiger partial charge in [0.1, 0.15) is 0 Å². The highest BCUT2D eigenvalue weighted by Crippen LogP contribution is 2.27. The fourth-order valence-electron chi connectivity index (χ4n) is 4.48. The SMILES string of the molecule is O=C(NC1CCN(c2ccc(-c3ccccc3Cl)nn2)CC1)c1n[nH]c2c1CCCC2. The van der Waals surface area contributed by atoms with Gasteiger partial charge in [-0.25, -0.2) is 0 Å². The molecule has 5 rings (SSSR count). The molecule has 2 N–H and O–H groups in total. The Hall–Kier alpha value is -2.93. The lowest BCUT2D eigenvalue weighted by molar-refractivity contribution is 0.0925. The van der Waals surface area contributed by atoms with Crippen LogP contribution in [0.25, 0.3) is 11.3 Å². The number of amides is 1. The number of piperidine rings is 1. The second kappa shape index (κ2) is 8.67. The molecular formula is C23H25ClN6O. The van der Waals surface area contributed by atoms with E-state index in [-0.39, 0.29) is 11.9 Å². The molecule has 3 aromatic rings. The average Bonchev–Trinajstić information content (AvgIpc) is 3.25. The van der Waals surface area contributed by atoms with E-state index in [1.807, 2.05) is 36.4 Å². The van der Waals surface area contributed by atoms with Crippen LogP contribution in [0.2, 0.25) is 5.02 Å². The van der Waals surface area contributed by atoms with Crippen molar-refractivity contribution in [1.82, 2.24) is 25.7 Å². The third-order valence-corrected chi connectivity index (χ3v) is 6.56. The number of carbonyl (C=O) groups excluding carboxylic acids is 1. The van der Waals surface area contributed by atoms with Gasteiger partial charge in [-0.05, 0) is 56.7 Å². The summed E-state index contributed by atoms with van der Waals surface area (Å²) in [6.45, 7) is 1.65. The number of carbonyl (C=O) groups is 1. The Bertz CT molecular complexity index is 1070. The van der Waals surface area contributed by atoms with Crippen LogP contribution in [0.1, 0.15) is 47.4 Å². The summed E-state index contributed by atoms with van der Waals surface area (Å²) < 4.78 is 0. The summed E-state index contributed by atoms with van der Waals surface area (Å²) in [4.78, 5) is 15.0. The summed E-state index contributed by atoms with van der Waals surface area (Å²) in [5.74, 6) is 0.795. The van der Waals surface area contributed by atoms with Crippen molar-refractivity contribution in [3.8, 4) is 11.3 Å². The number of fused-ring (bicyclic) bond motifs is 1. The second-order valence-electron chi connectivity index (χ2n) is 8.23. The van der Waals surface area contributed by atoms with Gasteiger partial charge in [-0.1, -0.05) is 29.8 Å². The molecule has 0 bridgehead atoms. The lowest BCUT2D eigenvalue weighted by Crippen LogP contribution is -2.45. The first kappa shape index (κ1) is 20.0. The summed E-state index contributed by atoms with van der Waals surface area (Å²) in [5, 5.41) is 20.0. The number of aromatic amines is 1. The van der Waals surface area contributed by atoms with Crippen molar-refractivity contribution in [2.75, 3.05) is 18.0 Å². The van der Waals surface area contributed by atoms with Gasteiger partial charge >= 0.3 is 0 Å². The van der Waals surface area contributed by atoms with E-state index in [1.165, 1.54) is 0 Å². The molecule has 1 aromatic carbocycles. The Morgan fingerprint density at radius 2 is 1.87 bits per heavy atom. The first-order chi connectivity index (χ1) is 15.2. The molecule has 31 heavy (non-hydrogen) atoms. The molecule has 8 heteroatoms. The van der Waals surface area contributed by atoms with Crippen LogP contribution in [0.5, 0.6) is 0 Å². The van der Waals surface area contributed by atoms with Gasteiger partial charge in [0.05, 0.1) is 10.7 Å². The van der Waals surface area contributed by atoms with Crippen molar-refractivity contribution in [1.29, 1.82) is 0 Å². The molecule has 0 spiro atoms. The lowest BCUT2D eigenvalue weighted by Gasteiger charge is -2.32. The Balaban J connectivity index is 1.18. The molecule has 3 heterocycles. The minimum Gasteiger partial charge on any atom is -0.355 e. The first-order valence-electron chi connectivity index (χ1n) is 10.9. The zero-order valence-electron chi connectivity index (χ0n) is 17.3. The maximum atomic E-state index is 12.8. The molecule has 1 fully saturated rings. The van der Waals surface area contributed by atoms with Crippen LogP contribution in [-0.4, -0.2) is 45.4 Å². The number of aryl methyl sites for hydroxylation is 1. The van der Waals surface area contributed by atoms with Gasteiger partial charge in [-0.3, -0.25) is 9.89 Å². The standard InChI is InChI=1S/C23H25ClN6O/c24-18-7-3-1-5-16(18)20-9-10-21(28-26-20)30-13-11-15(12-14-30)25-23(31)22-17-6-2-4-8-19(17)27-29-22/h1,3,5,7,9-10,15H,2,4,6,8,11-14H2,(H,25,31)(H,27,29). The fraction of sp³-hybridized carbons (Fsp3) is 0.391. The van der Waals surface area contributed by atoms with Crippen LogP contribution in [0.4, 0.5) is 5.82 Å². The first-order valence-corrected chi connectivity index (χ1v) is 11.3. The van der Waals surface area contributed by atoms with Crippen LogP contribution in [0.15, 0.2) is 36.4 Å². The Kier molecular flexibility index (Phi) is 5.59. The molecule has 0 atom stereocenters. The van der Waals surface area contributed by atoms with Gasteiger partial charge in [0.2, 0.25) is 0 Å². The maximum Gasteiger partial charge on any atom is 0.272 e. The number of benzene rings is 1. The van der Waals surface area contributed by atoms with Crippen molar-refractivity contribution in [2.45, 2.75) is 44.6 Å². The molecule has 160 valence electrons. The van der Waals surface area contributed by atoms with Crippen LogP contribution in [0, 0.1) is 0 Å². The number of aromatic nitrogens is 4. The fourth-order valence-corrected chi connectivity index (χ4v) is 4.71. The molecule has 2 aromatic heterocycles. The van der Waals surface area contributed by atoms with E-state index >= 15 is 0 Å². The van der Waals surface area contributed by atoms with Crippen molar-refractivity contribution < 1.29 is 4.79 Å². The van der Waals surface area contributed by atoms with E-state index in [0.29, 0.717) is 10.7 Å². The third kappa shape index (κ3) is 4.14. The monoisotopic (exact) mass is 436 g/mol. The molecule has 7 nitrogen and oxygen atoms in total. The van der Waals surface area contributed by atoms with Gasteiger partial charge in [-0.15, -0.1) is 10.2 Å². The Morgan fingerprint density at radius 1 is 1.06 bits per heavy atom. The molecule has 0 saturated carbocycles. The van der Waals surface area contributed by atoms with E-state index in [0.717, 1.165) is 79.9 Å². The third-order valence-electron chi connectivity index (χ3n) is 6.23. The van der Waals surface area contributed by atoms with E-state index < -0.39 is 0 Å². The van der Waals surface area contributed by atoms with Crippen LogP contribution < -0.4 is 10.2 Å². The zero-order valence-corrected chi connectivity index (χ0v) is 18.0. The van der Waals surface area contributed by atoms with E-state index in [9.17, 15) is 4.79 Å². The number of nitrogens with one attached hydrogen (secondary N) is 2. The molecule has 0 radical (unpaired) electrons. The van der Waals surface area contributed by atoms with Gasteiger partial charge in [0.25, 0.3) is 5.91 Å². The topological polar surface area (TPSA) is 86.8 Å². The summed E-state index contributed by atoms with van der Waals surface area (Å²) in [6.07, 6.45) is 5.96. The summed E-state index contributed by atoms with van der Waals surface area (Å²) in [5.41, 5.74) is 4.46. The minimum atomic E-state index is -0.0539. The van der Waals surface area contributed by atoms with Crippen molar-refractivity contribution in [3.63, 3.8) is 0 Å². The van der Waals surface area contributed by atoms with Crippen LogP contribution in [0.3, 0.4) is 0 Å². The Morgan fingerprint density at radius 3 is 2.65 bits per heavy atom. The highest BCUT2D eigenvalue weighted by molar-refractivity contribution is 6.33. The molecule has 1 aliphatic carbocycles. The number of halogens is 1. The summed E-state index contributed by atoms with van der Waals surface area (Å²) in [7, 11) is 0. The quantitative estimate of drug-likeness (QED) is 0.649. The number of anilines is 1. The number of nitrogens with zero attached hydrogens (tertiary/aromatic N) is 4. The van der Waals surface area contributed by atoms with Gasteiger partial charge in [0.15, 0.2) is 11.5 Å². The molecule has 1 aliphatic heterocycles. The average molecular weight is 437 g/mol. The van der Waals surface area contributed by atoms with Crippen LogP contribution >= 0.6 is 11.6 Å². The molecule has 2 aliphatic rings. The summed E-state index contributed by atoms with van der Waals surface area (Å²) >= 11 is 6.26. The predicted molar refractivity (Wildman–Crippen MR) is 120 cm³/mol. The van der Waals surface area contributed by atoms with E-state index in [1.54, 1.807) is 0 Å². The second-order valence-corrected chi connectivity index (χ2v) is 8.64. The number of hydrogen-bond donors (Lipinski definition) is 2. The molecule has 1 amide bonds.